The lowest BCUT2D eigenvalue weighted by Crippen LogP contribution is -2.52. The highest BCUT2D eigenvalue weighted by Crippen LogP contribution is 2.29. The van der Waals surface area contributed by atoms with Crippen molar-refractivity contribution in [3.8, 4) is 5.75 Å². The molecule has 0 unspecified atom stereocenters. The number of carbonyl (C=O) groups excluding carboxylic acids is 2. The summed E-state index contributed by atoms with van der Waals surface area (Å²) >= 11 is 3.56. The van der Waals surface area contributed by atoms with Crippen molar-refractivity contribution >= 4 is 27.7 Å². The highest BCUT2D eigenvalue weighted by atomic mass is 79.9. The fourth-order valence-electron chi connectivity index (χ4n) is 4.28. The third-order valence-electron chi connectivity index (χ3n) is 6.26. The van der Waals surface area contributed by atoms with Crippen molar-refractivity contribution in [1.29, 1.82) is 0 Å². The van der Waals surface area contributed by atoms with Gasteiger partial charge in [0.15, 0.2) is 6.61 Å². The Morgan fingerprint density at radius 3 is 2.42 bits per heavy atom. The number of benzene rings is 2. The van der Waals surface area contributed by atoms with Crippen LogP contribution >= 0.6 is 15.9 Å². The Morgan fingerprint density at radius 1 is 1.12 bits per heavy atom. The second-order valence-electron chi connectivity index (χ2n) is 9.05. The van der Waals surface area contributed by atoms with Gasteiger partial charge in [0.05, 0.1) is 4.47 Å². The third kappa shape index (κ3) is 7.07. The van der Waals surface area contributed by atoms with Crippen LogP contribution in [0.5, 0.6) is 5.75 Å². The van der Waals surface area contributed by atoms with Crippen LogP contribution in [0, 0.1) is 0 Å². The summed E-state index contributed by atoms with van der Waals surface area (Å²) in [5.74, 6) is 0.751. The van der Waals surface area contributed by atoms with Crippen molar-refractivity contribution in [2.24, 2.45) is 0 Å². The molecule has 2 aromatic carbocycles. The molecule has 0 aliphatic heterocycles. The molecular formula is C27H35BrN2O3. The molecule has 1 aliphatic carbocycles. The van der Waals surface area contributed by atoms with Gasteiger partial charge in [0.25, 0.3) is 5.91 Å². The number of hydrogen-bond donors (Lipinski definition) is 1. The monoisotopic (exact) mass is 514 g/mol. The zero-order chi connectivity index (χ0) is 23.8. The van der Waals surface area contributed by atoms with Crippen LogP contribution in [0.25, 0.3) is 0 Å². The maximum atomic E-state index is 13.4. The lowest BCUT2D eigenvalue weighted by Gasteiger charge is -2.31. The molecule has 178 valence electrons. The SMILES string of the molecule is CC[C@H](C(=O)NC1CCCC1)N(Cc1ccccc1)C(=O)COc1ccc(C(C)C)cc1Br. The van der Waals surface area contributed by atoms with Gasteiger partial charge in [-0.1, -0.05) is 70.0 Å². The molecule has 1 aliphatic rings. The van der Waals surface area contributed by atoms with Crippen LogP contribution in [-0.2, 0) is 16.1 Å². The molecule has 0 heterocycles. The van der Waals surface area contributed by atoms with Gasteiger partial charge in [0, 0.05) is 12.6 Å². The highest BCUT2D eigenvalue weighted by Gasteiger charge is 2.31. The van der Waals surface area contributed by atoms with Crippen LogP contribution in [0.15, 0.2) is 53.0 Å². The molecule has 1 fully saturated rings. The van der Waals surface area contributed by atoms with E-state index >= 15 is 0 Å². The predicted molar refractivity (Wildman–Crippen MR) is 135 cm³/mol. The van der Waals surface area contributed by atoms with Gasteiger partial charge < -0.3 is 15.0 Å². The second kappa shape index (κ2) is 12.2. The lowest BCUT2D eigenvalue weighted by molar-refractivity contribution is -0.143. The van der Waals surface area contributed by atoms with Crippen molar-refractivity contribution in [3.05, 3.63) is 64.1 Å². The molecule has 2 aromatic rings. The van der Waals surface area contributed by atoms with Gasteiger partial charge in [-0.3, -0.25) is 9.59 Å². The number of amides is 2. The molecule has 5 nitrogen and oxygen atoms in total. The second-order valence-corrected chi connectivity index (χ2v) is 9.91. The molecule has 1 N–H and O–H groups in total. The zero-order valence-electron chi connectivity index (χ0n) is 19.9. The molecule has 0 radical (unpaired) electrons. The number of rotatable bonds is 10. The number of carbonyl (C=O) groups is 2. The fraction of sp³-hybridized carbons (Fsp3) is 0.481. The molecule has 0 bridgehead atoms. The zero-order valence-corrected chi connectivity index (χ0v) is 21.4. The quantitative estimate of drug-likeness (QED) is 0.434. The minimum Gasteiger partial charge on any atom is -0.483 e. The Morgan fingerprint density at radius 2 is 1.82 bits per heavy atom. The molecule has 3 rings (SSSR count). The van der Waals surface area contributed by atoms with Crippen LogP contribution in [-0.4, -0.2) is 35.4 Å². The first-order valence-electron chi connectivity index (χ1n) is 11.9. The van der Waals surface area contributed by atoms with E-state index in [1.807, 2.05) is 55.5 Å². The summed E-state index contributed by atoms with van der Waals surface area (Å²) in [6, 6.07) is 15.4. The van der Waals surface area contributed by atoms with E-state index in [9.17, 15) is 9.59 Å². The topological polar surface area (TPSA) is 58.6 Å². The van der Waals surface area contributed by atoms with Gasteiger partial charge in [-0.25, -0.2) is 0 Å². The van der Waals surface area contributed by atoms with Crippen LogP contribution in [0.4, 0.5) is 0 Å². The van der Waals surface area contributed by atoms with Crippen LogP contribution in [0.1, 0.15) is 69.9 Å². The van der Waals surface area contributed by atoms with Gasteiger partial charge >= 0.3 is 0 Å². The Hall–Kier alpha value is -2.34. The van der Waals surface area contributed by atoms with E-state index in [1.165, 1.54) is 5.56 Å². The summed E-state index contributed by atoms with van der Waals surface area (Å²) in [6.45, 7) is 6.46. The Kier molecular flexibility index (Phi) is 9.36. The molecule has 33 heavy (non-hydrogen) atoms. The first kappa shape index (κ1) is 25.3. The standard InChI is InChI=1S/C27H35BrN2O3/c1-4-24(27(32)29-22-12-8-9-13-22)30(17-20-10-6-5-7-11-20)26(31)18-33-25-15-14-21(19(2)3)16-23(25)28/h5-7,10-11,14-16,19,22,24H,4,8-9,12-13,17-18H2,1-3H3,(H,29,32)/t24-/m1/s1. The number of halogens is 1. The molecule has 1 atom stereocenters. The minimum absolute atomic E-state index is 0.0730. The maximum absolute atomic E-state index is 13.4. The minimum atomic E-state index is -0.534. The van der Waals surface area contributed by atoms with E-state index in [1.54, 1.807) is 4.90 Å². The van der Waals surface area contributed by atoms with Crippen molar-refractivity contribution in [3.63, 3.8) is 0 Å². The Bertz CT molecular complexity index is 926. The molecule has 2 amide bonds. The predicted octanol–water partition coefficient (Wildman–Crippen LogP) is 5.82. The smallest absolute Gasteiger partial charge is 0.261 e. The normalized spacial score (nSPS) is 14.8. The number of nitrogens with one attached hydrogen (secondary N) is 1. The van der Waals surface area contributed by atoms with Crippen LogP contribution in [0.3, 0.4) is 0 Å². The average molecular weight is 515 g/mol. The van der Waals surface area contributed by atoms with E-state index < -0.39 is 6.04 Å². The maximum Gasteiger partial charge on any atom is 0.261 e. The van der Waals surface area contributed by atoms with Crippen LogP contribution < -0.4 is 10.1 Å². The Labute approximate surface area is 206 Å². The van der Waals surface area contributed by atoms with Gasteiger partial charge in [0.2, 0.25) is 5.91 Å². The number of hydrogen-bond acceptors (Lipinski definition) is 3. The lowest BCUT2D eigenvalue weighted by atomic mass is 10.0. The summed E-state index contributed by atoms with van der Waals surface area (Å²) in [5.41, 5.74) is 2.18. The van der Waals surface area contributed by atoms with E-state index in [0.29, 0.717) is 24.6 Å². The molecule has 0 spiro atoms. The van der Waals surface area contributed by atoms with Crippen molar-refractivity contribution in [1.82, 2.24) is 10.2 Å². The number of ether oxygens (including phenoxy) is 1. The fourth-order valence-corrected chi connectivity index (χ4v) is 4.79. The molecular weight excluding hydrogens is 480 g/mol. The van der Waals surface area contributed by atoms with Crippen molar-refractivity contribution in [2.45, 2.75) is 77.4 Å². The van der Waals surface area contributed by atoms with E-state index in [-0.39, 0.29) is 24.5 Å². The molecule has 6 heteroatoms. The summed E-state index contributed by atoms with van der Waals surface area (Å²) in [7, 11) is 0. The third-order valence-corrected chi connectivity index (χ3v) is 6.88. The van der Waals surface area contributed by atoms with E-state index in [2.05, 4.69) is 35.1 Å². The van der Waals surface area contributed by atoms with Crippen molar-refractivity contribution in [2.75, 3.05) is 6.61 Å². The molecule has 1 saturated carbocycles. The van der Waals surface area contributed by atoms with Crippen molar-refractivity contribution < 1.29 is 14.3 Å². The first-order valence-corrected chi connectivity index (χ1v) is 12.7. The van der Waals surface area contributed by atoms with Gasteiger partial charge in [-0.15, -0.1) is 0 Å². The van der Waals surface area contributed by atoms with Gasteiger partial charge in [0.1, 0.15) is 11.8 Å². The van der Waals surface area contributed by atoms with E-state index in [0.717, 1.165) is 35.7 Å². The van der Waals surface area contributed by atoms with Gasteiger partial charge in [-0.05, 0) is 64.4 Å². The average Bonchev–Trinajstić information content (AvgIpc) is 3.31. The summed E-state index contributed by atoms with van der Waals surface area (Å²) in [5, 5.41) is 3.17. The van der Waals surface area contributed by atoms with E-state index in [4.69, 9.17) is 4.74 Å². The first-order chi connectivity index (χ1) is 15.9. The van der Waals surface area contributed by atoms with Crippen LogP contribution in [0.2, 0.25) is 0 Å². The molecule has 0 aromatic heterocycles. The summed E-state index contributed by atoms with van der Waals surface area (Å²) in [6.07, 6.45) is 4.86. The largest absolute Gasteiger partial charge is 0.483 e. The number of nitrogens with zero attached hydrogens (tertiary/aromatic N) is 1. The van der Waals surface area contributed by atoms with Gasteiger partial charge in [-0.2, -0.15) is 0 Å². The Balaban J connectivity index is 1.74. The summed E-state index contributed by atoms with van der Waals surface area (Å²) < 4.78 is 6.71. The highest BCUT2D eigenvalue weighted by molar-refractivity contribution is 9.10. The molecule has 0 saturated heterocycles. The summed E-state index contributed by atoms with van der Waals surface area (Å²) in [4.78, 5) is 28.2.